The maximum absolute atomic E-state index is 12.0. The van der Waals surface area contributed by atoms with Gasteiger partial charge >= 0.3 is 0 Å². The van der Waals surface area contributed by atoms with E-state index in [4.69, 9.17) is 37.9 Å². The van der Waals surface area contributed by atoms with Crippen LogP contribution in [-0.2, 0) is 37.9 Å². The Balaban J connectivity index is 0.917. The van der Waals surface area contributed by atoms with Crippen molar-refractivity contribution in [1.82, 2.24) is 0 Å². The fourth-order valence-corrected chi connectivity index (χ4v) is 14.0. The van der Waals surface area contributed by atoms with Crippen molar-refractivity contribution in [3.05, 3.63) is 11.6 Å². The third-order valence-corrected chi connectivity index (χ3v) is 17.7. The lowest BCUT2D eigenvalue weighted by Crippen LogP contribution is -2.67. The van der Waals surface area contributed by atoms with Crippen LogP contribution in [-0.4, -0.2) is 176 Å². The van der Waals surface area contributed by atoms with Crippen molar-refractivity contribution in [3.8, 4) is 0 Å². The van der Waals surface area contributed by atoms with Crippen LogP contribution in [0.2, 0.25) is 0 Å². The molecular weight excluding hydrogens is 812 g/mol. The maximum Gasteiger partial charge on any atom is 0.187 e. The normalized spacial score (nSPS) is 57.6. The zero-order chi connectivity index (χ0) is 44.2. The van der Waals surface area contributed by atoms with Crippen LogP contribution in [0.5, 0.6) is 0 Å². The first kappa shape index (κ1) is 46.2. The second kappa shape index (κ2) is 17.3. The molecule has 0 amide bonds. The van der Waals surface area contributed by atoms with Crippen molar-refractivity contribution in [3.63, 3.8) is 0 Å². The molecule has 9 N–H and O–H groups in total. The van der Waals surface area contributed by atoms with E-state index in [2.05, 4.69) is 33.8 Å². The molecule has 62 heavy (non-hydrogen) atoms. The van der Waals surface area contributed by atoms with E-state index in [0.29, 0.717) is 48.3 Å². The predicted molar refractivity (Wildman–Crippen MR) is 214 cm³/mol. The van der Waals surface area contributed by atoms with Crippen LogP contribution < -0.4 is 0 Å². The number of hydrogen-bond donors (Lipinski definition) is 9. The van der Waals surface area contributed by atoms with Gasteiger partial charge in [-0.15, -0.1) is 0 Å². The molecule has 4 aliphatic carbocycles. The second-order valence-electron chi connectivity index (χ2n) is 21.1. The molecule has 6 unspecified atom stereocenters. The molecule has 0 aromatic carbocycles. The Labute approximate surface area is 363 Å². The highest BCUT2D eigenvalue weighted by Gasteiger charge is 2.69. The summed E-state index contributed by atoms with van der Waals surface area (Å²) in [6.07, 6.45) is -12.0. The molecule has 0 aromatic rings. The molecule has 17 heteroatoms. The summed E-state index contributed by atoms with van der Waals surface area (Å²) in [5, 5.41) is 95.7. The summed E-state index contributed by atoms with van der Waals surface area (Å²) in [4.78, 5) is 0. The highest BCUT2D eigenvalue weighted by atomic mass is 16.8. The summed E-state index contributed by atoms with van der Waals surface area (Å²) in [7, 11) is 0. The Morgan fingerprint density at radius 3 is 2.05 bits per heavy atom. The summed E-state index contributed by atoms with van der Waals surface area (Å²) < 4.78 is 49.9. The lowest BCUT2D eigenvalue weighted by atomic mass is 9.47. The predicted octanol–water partition coefficient (Wildman–Crippen LogP) is 0.214. The minimum atomic E-state index is -1.82. The van der Waals surface area contributed by atoms with Gasteiger partial charge in [-0.3, -0.25) is 0 Å². The highest BCUT2D eigenvalue weighted by Crippen LogP contribution is 2.70. The first-order chi connectivity index (χ1) is 29.4. The molecule has 5 saturated heterocycles. The van der Waals surface area contributed by atoms with Crippen LogP contribution in [0.15, 0.2) is 11.6 Å². The van der Waals surface area contributed by atoms with Crippen molar-refractivity contribution < 1.29 is 83.9 Å². The monoisotopic (exact) mass is 884 g/mol. The summed E-state index contributed by atoms with van der Waals surface area (Å²) in [5.41, 5.74) is 1.48. The number of fused-ring (bicyclic) bond motifs is 7. The third kappa shape index (κ3) is 7.49. The quantitative estimate of drug-likeness (QED) is 0.148. The van der Waals surface area contributed by atoms with E-state index < -0.39 is 111 Å². The summed E-state index contributed by atoms with van der Waals surface area (Å²) in [6.45, 7) is 10.4. The number of allylic oxidation sites excluding steroid dienone is 1. The van der Waals surface area contributed by atoms with Gasteiger partial charge in [-0.2, -0.15) is 0 Å². The molecule has 3 saturated carbocycles. The van der Waals surface area contributed by atoms with Gasteiger partial charge in [0.2, 0.25) is 0 Å². The molecule has 9 rings (SSSR count). The van der Waals surface area contributed by atoms with Crippen LogP contribution in [0, 0.1) is 46.3 Å². The van der Waals surface area contributed by atoms with Crippen LogP contribution >= 0.6 is 0 Å². The van der Waals surface area contributed by atoms with Crippen molar-refractivity contribution in [2.45, 2.75) is 203 Å². The van der Waals surface area contributed by atoms with Gasteiger partial charge in [0, 0.05) is 12.3 Å². The Morgan fingerprint density at radius 2 is 1.35 bits per heavy atom. The molecular formula is C45H72O17. The van der Waals surface area contributed by atoms with E-state index in [1.165, 1.54) is 12.5 Å². The van der Waals surface area contributed by atoms with E-state index in [-0.39, 0.29) is 23.0 Å². The Bertz CT molecular complexity index is 1610. The average molecular weight is 885 g/mol. The van der Waals surface area contributed by atoms with Crippen molar-refractivity contribution in [2.24, 2.45) is 46.3 Å². The van der Waals surface area contributed by atoms with Gasteiger partial charge in [0.25, 0.3) is 0 Å². The van der Waals surface area contributed by atoms with E-state index in [9.17, 15) is 46.0 Å². The molecule has 26 atom stereocenters. The molecule has 1 spiro atoms. The molecule has 354 valence electrons. The molecule has 0 aromatic heterocycles. The fourth-order valence-electron chi connectivity index (χ4n) is 14.0. The Hall–Kier alpha value is -0.940. The van der Waals surface area contributed by atoms with Gasteiger partial charge in [-0.1, -0.05) is 39.3 Å². The highest BCUT2D eigenvalue weighted by molar-refractivity contribution is 5.26. The molecule has 8 fully saturated rings. The van der Waals surface area contributed by atoms with Gasteiger partial charge in [-0.05, 0) is 98.7 Å². The third-order valence-electron chi connectivity index (χ3n) is 17.7. The largest absolute Gasteiger partial charge is 0.394 e. The van der Waals surface area contributed by atoms with Gasteiger partial charge < -0.3 is 83.9 Å². The van der Waals surface area contributed by atoms with Crippen LogP contribution in [0.3, 0.4) is 0 Å². The smallest absolute Gasteiger partial charge is 0.187 e. The molecule has 9 aliphatic rings. The molecule has 17 nitrogen and oxygen atoms in total. The lowest BCUT2D eigenvalue weighted by molar-refractivity contribution is -0.389. The zero-order valence-corrected chi connectivity index (χ0v) is 36.6. The minimum absolute atomic E-state index is 0.0356. The van der Waals surface area contributed by atoms with Crippen molar-refractivity contribution in [2.75, 3.05) is 19.8 Å². The van der Waals surface area contributed by atoms with Crippen LogP contribution in [0.4, 0.5) is 0 Å². The SMILES string of the molecule is CC1C2C(CC3[C@@H]4CC=C5C[C@@H](O[C@@H]6O[C@H](CO)[C@@H](O[C@@H]7O[C@H](CO)[C@@H](O)[C@H](O)[C@H]7O)[C@H](O)[C@H]6O[C@@H]6O[C@@H](C)[C@@H](O)[C@@H](O)[C@H]6O)CC[C@]5(C)C4CC[C@]23C)OC12CC[C@H](C)CO2. The zero-order valence-electron chi connectivity index (χ0n) is 36.6. The van der Waals surface area contributed by atoms with E-state index in [1.54, 1.807) is 0 Å². The number of aliphatic hydroxyl groups excluding tert-OH is 9. The van der Waals surface area contributed by atoms with E-state index in [0.717, 1.165) is 51.6 Å². The maximum atomic E-state index is 12.0. The van der Waals surface area contributed by atoms with Gasteiger partial charge in [0.15, 0.2) is 24.7 Å². The van der Waals surface area contributed by atoms with Crippen molar-refractivity contribution >= 4 is 0 Å². The Morgan fingerprint density at radius 1 is 0.677 bits per heavy atom. The molecule has 5 aliphatic heterocycles. The molecule has 0 bridgehead atoms. The summed E-state index contributed by atoms with van der Waals surface area (Å²) >= 11 is 0. The first-order valence-electron chi connectivity index (χ1n) is 23.4. The van der Waals surface area contributed by atoms with Gasteiger partial charge in [0.05, 0.1) is 38.1 Å². The van der Waals surface area contributed by atoms with Crippen molar-refractivity contribution in [1.29, 1.82) is 0 Å². The summed E-state index contributed by atoms with van der Waals surface area (Å²) in [6, 6.07) is 0. The van der Waals surface area contributed by atoms with Gasteiger partial charge in [-0.25, -0.2) is 0 Å². The topological polar surface area (TPSA) is 256 Å². The average Bonchev–Trinajstić information content (AvgIpc) is 3.70. The number of rotatable bonds is 8. The molecule has 5 heterocycles. The van der Waals surface area contributed by atoms with E-state index in [1.807, 2.05) is 0 Å². The molecule has 0 radical (unpaired) electrons. The number of hydrogen-bond acceptors (Lipinski definition) is 17. The summed E-state index contributed by atoms with van der Waals surface area (Å²) in [5.74, 6) is 2.56. The van der Waals surface area contributed by atoms with E-state index >= 15 is 0 Å². The first-order valence-corrected chi connectivity index (χ1v) is 23.4. The van der Waals surface area contributed by atoms with Gasteiger partial charge in [0.1, 0.15) is 67.1 Å². The standard InChI is InChI=1S/C45H72O17/c1-19-8-13-45(55-18-19)20(2)30-27(62-45)15-26-24-7-6-22-14-23(9-11-43(22,4)25(24)10-12-44(26,30)5)57-42-39(61-40-35(52)33(50)31(48)21(3)56-40)37(54)38(29(17-47)59-42)60-41-36(53)34(51)32(49)28(16-46)58-41/h6,19-21,23-42,46-54H,7-18H2,1-5H3/t19-,20?,21-,23-,24+,25?,26?,27?,28+,29+,30?,31+,32+,33+,34-,35+,36+,37-,38+,39+,40-,41-,42+,43-,44-,45?/m0/s1. The number of ether oxygens (including phenoxy) is 8. The second-order valence-corrected chi connectivity index (χ2v) is 21.1. The van der Waals surface area contributed by atoms with Crippen LogP contribution in [0.1, 0.15) is 92.4 Å². The fraction of sp³-hybridized carbons (Fsp3) is 0.956. The lowest BCUT2D eigenvalue weighted by Gasteiger charge is -2.58. The minimum Gasteiger partial charge on any atom is -0.394 e. The number of aliphatic hydroxyl groups is 9. The Kier molecular flexibility index (Phi) is 12.9. The van der Waals surface area contributed by atoms with Crippen LogP contribution in [0.25, 0.3) is 0 Å².